The van der Waals surface area contributed by atoms with E-state index in [1.165, 1.54) is 0 Å². The third-order valence-electron chi connectivity index (χ3n) is 4.25. The highest BCUT2D eigenvalue weighted by molar-refractivity contribution is 5.81. The van der Waals surface area contributed by atoms with Crippen molar-refractivity contribution in [3.63, 3.8) is 0 Å². The molecule has 3 N–H and O–H groups in total. The lowest BCUT2D eigenvalue weighted by Gasteiger charge is -2.27. The summed E-state index contributed by atoms with van der Waals surface area (Å²) in [6.45, 7) is 0.963. The molecule has 1 aromatic carbocycles. The molecule has 1 unspecified atom stereocenters. The third-order valence-corrected chi connectivity index (χ3v) is 4.25. The Morgan fingerprint density at radius 2 is 2.17 bits per heavy atom. The topological polar surface area (TPSA) is 76.8 Å². The van der Waals surface area contributed by atoms with Gasteiger partial charge in [-0.3, -0.25) is 4.79 Å². The van der Waals surface area contributed by atoms with E-state index in [-0.39, 0.29) is 24.2 Å². The van der Waals surface area contributed by atoms with Crippen LogP contribution in [0.5, 0.6) is 5.75 Å². The van der Waals surface area contributed by atoms with Crippen molar-refractivity contribution >= 4 is 5.91 Å². The lowest BCUT2D eigenvalue weighted by atomic mass is 10.0. The smallest absolute Gasteiger partial charge is 0.249 e. The molecule has 6 heteroatoms. The molecule has 0 spiro atoms. The fourth-order valence-corrected chi connectivity index (χ4v) is 2.90. The van der Waals surface area contributed by atoms with Gasteiger partial charge in [0.2, 0.25) is 5.91 Å². The molecule has 1 heterocycles. The summed E-state index contributed by atoms with van der Waals surface area (Å²) in [4.78, 5) is 14.4. The zero-order valence-electron chi connectivity index (χ0n) is 14.1. The third kappa shape index (κ3) is 4.43. The maximum atomic E-state index is 12.3. The van der Waals surface area contributed by atoms with Crippen LogP contribution in [0.1, 0.15) is 24.4 Å². The number of hydrogen-bond acceptors (Lipinski definition) is 5. The van der Waals surface area contributed by atoms with Gasteiger partial charge in [-0.25, -0.2) is 0 Å². The first kappa shape index (κ1) is 17.7. The van der Waals surface area contributed by atoms with E-state index in [9.17, 15) is 4.79 Å². The van der Waals surface area contributed by atoms with Gasteiger partial charge in [0.15, 0.2) is 0 Å². The fourth-order valence-electron chi connectivity index (χ4n) is 2.90. The number of carbonyl (C=O) groups is 1. The van der Waals surface area contributed by atoms with Gasteiger partial charge in [0, 0.05) is 18.7 Å². The second-order valence-electron chi connectivity index (χ2n) is 6.03. The van der Waals surface area contributed by atoms with Crippen molar-refractivity contribution in [3.05, 3.63) is 29.8 Å². The summed E-state index contributed by atoms with van der Waals surface area (Å²) in [5.74, 6) is 0.753. The molecule has 1 saturated heterocycles. The Kier molecular flexibility index (Phi) is 6.38. The summed E-state index contributed by atoms with van der Waals surface area (Å²) in [6.07, 6.45) is 1.20. The Morgan fingerprint density at radius 1 is 1.43 bits per heavy atom. The molecule has 1 aliphatic heterocycles. The van der Waals surface area contributed by atoms with Gasteiger partial charge in [-0.15, -0.1) is 0 Å². The summed E-state index contributed by atoms with van der Waals surface area (Å²) in [6, 6.07) is 7.89. The summed E-state index contributed by atoms with van der Waals surface area (Å²) in [5, 5.41) is 3.00. The number of para-hydroxylation sites is 1. The minimum atomic E-state index is -0.385. The summed E-state index contributed by atoms with van der Waals surface area (Å²) in [7, 11) is 5.63. The lowest BCUT2D eigenvalue weighted by molar-refractivity contribution is -0.132. The van der Waals surface area contributed by atoms with Crippen LogP contribution in [-0.2, 0) is 9.53 Å². The van der Waals surface area contributed by atoms with Crippen molar-refractivity contribution in [2.24, 2.45) is 5.73 Å². The molecule has 23 heavy (non-hydrogen) atoms. The lowest BCUT2D eigenvalue weighted by Crippen LogP contribution is -2.40. The largest absolute Gasteiger partial charge is 0.496 e. The average Bonchev–Trinajstić information content (AvgIpc) is 3.04. The van der Waals surface area contributed by atoms with Gasteiger partial charge < -0.3 is 25.4 Å². The van der Waals surface area contributed by atoms with Crippen LogP contribution in [0.3, 0.4) is 0 Å². The zero-order valence-corrected chi connectivity index (χ0v) is 14.1. The van der Waals surface area contributed by atoms with Crippen molar-refractivity contribution in [3.8, 4) is 5.75 Å². The number of ether oxygens (including phenoxy) is 2. The van der Waals surface area contributed by atoms with Gasteiger partial charge in [-0.1, -0.05) is 18.2 Å². The first-order valence-electron chi connectivity index (χ1n) is 7.99. The minimum Gasteiger partial charge on any atom is -0.496 e. The van der Waals surface area contributed by atoms with E-state index in [1.54, 1.807) is 7.11 Å². The van der Waals surface area contributed by atoms with Gasteiger partial charge in [0.05, 0.1) is 19.3 Å². The molecular formula is C17H27N3O3. The van der Waals surface area contributed by atoms with Crippen molar-refractivity contribution in [1.82, 2.24) is 10.2 Å². The summed E-state index contributed by atoms with van der Waals surface area (Å²) < 4.78 is 11.1. The van der Waals surface area contributed by atoms with E-state index in [1.807, 2.05) is 38.4 Å². The van der Waals surface area contributed by atoms with Gasteiger partial charge in [-0.2, -0.15) is 0 Å². The molecule has 128 valence electrons. The number of hydrogen-bond donors (Lipinski definition) is 2. The molecular weight excluding hydrogens is 294 g/mol. The van der Waals surface area contributed by atoms with Crippen LogP contribution >= 0.6 is 0 Å². The first-order valence-corrected chi connectivity index (χ1v) is 7.99. The van der Waals surface area contributed by atoms with Crippen LogP contribution < -0.4 is 15.8 Å². The molecule has 1 amide bonds. The maximum absolute atomic E-state index is 12.3. The molecule has 2 rings (SSSR count). The molecule has 0 aliphatic carbocycles. The number of nitrogens with two attached hydrogens (primary N) is 1. The molecule has 0 radical (unpaired) electrons. The SMILES string of the molecule is COc1ccccc1C(CNC(=O)[C@@H]1CC[C@H](CN)O1)N(C)C. The van der Waals surface area contributed by atoms with E-state index in [0.29, 0.717) is 13.1 Å². The van der Waals surface area contributed by atoms with Crippen LogP contribution in [0, 0.1) is 0 Å². The Balaban J connectivity index is 1.99. The van der Waals surface area contributed by atoms with Gasteiger partial charge in [-0.05, 0) is 33.0 Å². The zero-order chi connectivity index (χ0) is 16.8. The van der Waals surface area contributed by atoms with E-state index in [4.69, 9.17) is 15.2 Å². The van der Waals surface area contributed by atoms with Gasteiger partial charge >= 0.3 is 0 Å². The molecule has 6 nitrogen and oxygen atoms in total. The number of benzene rings is 1. The van der Waals surface area contributed by atoms with Gasteiger partial charge in [0.1, 0.15) is 11.9 Å². The van der Waals surface area contributed by atoms with E-state index in [2.05, 4.69) is 10.2 Å². The van der Waals surface area contributed by atoms with Crippen LogP contribution in [-0.4, -0.2) is 57.3 Å². The maximum Gasteiger partial charge on any atom is 0.249 e. The first-order chi connectivity index (χ1) is 11.1. The number of nitrogens with zero attached hydrogens (tertiary/aromatic N) is 1. The predicted octanol–water partition coefficient (Wildman–Crippen LogP) is 0.920. The number of amides is 1. The molecule has 0 bridgehead atoms. The van der Waals surface area contributed by atoms with Crippen LogP contribution in [0.4, 0.5) is 0 Å². The van der Waals surface area contributed by atoms with Crippen molar-refractivity contribution < 1.29 is 14.3 Å². The standard InChI is InChI=1S/C17H27N3O3/c1-20(2)14(13-6-4-5-7-15(13)22-3)11-19-17(21)16-9-8-12(10-18)23-16/h4-7,12,14,16H,8-11,18H2,1-3H3,(H,19,21)/t12-,14?,16+/m1/s1. The summed E-state index contributed by atoms with van der Waals surface area (Å²) >= 11 is 0. The Hall–Kier alpha value is -1.63. The normalized spacial score (nSPS) is 22.1. The summed E-state index contributed by atoms with van der Waals surface area (Å²) in [5.41, 5.74) is 6.64. The van der Waals surface area contributed by atoms with Crippen LogP contribution in [0.25, 0.3) is 0 Å². The van der Waals surface area contributed by atoms with Crippen molar-refractivity contribution in [2.75, 3.05) is 34.3 Å². The highest BCUT2D eigenvalue weighted by atomic mass is 16.5. The Morgan fingerprint density at radius 3 is 2.78 bits per heavy atom. The number of nitrogens with one attached hydrogen (secondary N) is 1. The second-order valence-corrected chi connectivity index (χ2v) is 6.03. The predicted molar refractivity (Wildman–Crippen MR) is 89.4 cm³/mol. The minimum absolute atomic E-state index is 0.00427. The molecule has 1 aromatic rings. The number of likely N-dealkylation sites (N-methyl/N-ethyl adjacent to an activating group) is 1. The van der Waals surface area contributed by atoms with E-state index in [0.717, 1.165) is 24.2 Å². The molecule has 0 aromatic heterocycles. The van der Waals surface area contributed by atoms with Crippen LogP contribution in [0.15, 0.2) is 24.3 Å². The van der Waals surface area contributed by atoms with Crippen LogP contribution in [0.2, 0.25) is 0 Å². The molecule has 1 fully saturated rings. The molecule has 3 atom stereocenters. The van der Waals surface area contributed by atoms with E-state index >= 15 is 0 Å². The van der Waals surface area contributed by atoms with Gasteiger partial charge in [0.25, 0.3) is 0 Å². The highest BCUT2D eigenvalue weighted by Gasteiger charge is 2.30. The fraction of sp³-hybridized carbons (Fsp3) is 0.588. The second kappa shape index (κ2) is 8.29. The highest BCUT2D eigenvalue weighted by Crippen LogP contribution is 2.27. The number of carbonyl (C=O) groups excluding carboxylic acids is 1. The molecule has 0 saturated carbocycles. The number of methoxy groups -OCH3 is 1. The van der Waals surface area contributed by atoms with Crippen molar-refractivity contribution in [1.29, 1.82) is 0 Å². The molecule has 1 aliphatic rings. The number of rotatable bonds is 7. The average molecular weight is 321 g/mol. The Bertz CT molecular complexity index is 522. The van der Waals surface area contributed by atoms with E-state index < -0.39 is 0 Å². The Labute approximate surface area is 137 Å². The quantitative estimate of drug-likeness (QED) is 0.781. The van der Waals surface area contributed by atoms with Crippen molar-refractivity contribution in [2.45, 2.75) is 31.1 Å². The monoisotopic (exact) mass is 321 g/mol.